The molecule has 0 aliphatic carbocycles. The summed E-state index contributed by atoms with van der Waals surface area (Å²) in [4.78, 5) is 14.5. The van der Waals surface area contributed by atoms with Gasteiger partial charge in [-0.25, -0.2) is 4.85 Å². The van der Waals surface area contributed by atoms with Crippen LogP contribution in [0.15, 0.2) is 11.9 Å². The Balaban J connectivity index is 4.39. The second-order valence-corrected chi connectivity index (χ2v) is 1.89. The Bertz CT molecular complexity index is 200. The highest BCUT2D eigenvalue weighted by Gasteiger charge is 2.05. The molecule has 10 heavy (non-hydrogen) atoms. The van der Waals surface area contributed by atoms with Crippen LogP contribution in [0, 0.1) is 6.57 Å². The van der Waals surface area contributed by atoms with Gasteiger partial charge in [0.2, 0.25) is 0 Å². The van der Waals surface area contributed by atoms with E-state index in [2.05, 4.69) is 4.85 Å². The summed E-state index contributed by atoms with van der Waals surface area (Å²) < 4.78 is 0. The fraction of sp³-hybridized carbons (Fsp3) is 0.333. The zero-order chi connectivity index (χ0) is 8.15. The lowest BCUT2D eigenvalue weighted by molar-refractivity contribution is -0.132. The molecule has 0 atom stereocenters. The van der Waals surface area contributed by atoms with Crippen LogP contribution in [0.5, 0.6) is 0 Å². The van der Waals surface area contributed by atoms with Crippen molar-refractivity contribution in [1.82, 2.24) is 4.90 Å². The second kappa shape index (κ2) is 3.51. The van der Waals surface area contributed by atoms with Crippen molar-refractivity contribution >= 4 is 5.97 Å². The molecule has 0 saturated heterocycles. The summed E-state index contributed by atoms with van der Waals surface area (Å²) in [6.45, 7) is 6.43. The van der Waals surface area contributed by atoms with Crippen molar-refractivity contribution in [3.05, 3.63) is 23.3 Å². The molecule has 0 amide bonds. The molecule has 0 unspecified atom stereocenters. The van der Waals surface area contributed by atoms with Crippen LogP contribution in [0.4, 0.5) is 0 Å². The maximum atomic E-state index is 10.2. The van der Waals surface area contributed by atoms with E-state index in [-0.39, 0.29) is 5.70 Å². The number of hydrogen-bond acceptors (Lipinski definition) is 2. The summed E-state index contributed by atoms with van der Waals surface area (Å²) in [5.41, 5.74) is -0.273. The predicted molar refractivity (Wildman–Crippen MR) is 36.0 cm³/mol. The van der Waals surface area contributed by atoms with E-state index in [0.717, 1.165) is 0 Å². The minimum atomic E-state index is -1.19. The van der Waals surface area contributed by atoms with E-state index in [1.165, 1.54) is 11.1 Å². The fourth-order valence-corrected chi connectivity index (χ4v) is 0.376. The second-order valence-electron chi connectivity index (χ2n) is 1.89. The van der Waals surface area contributed by atoms with Crippen molar-refractivity contribution in [1.29, 1.82) is 0 Å². The molecule has 0 fully saturated rings. The minimum Gasteiger partial charge on any atom is -0.486 e. The van der Waals surface area contributed by atoms with E-state index in [9.17, 15) is 4.79 Å². The Kier molecular flexibility index (Phi) is 2.98. The molecule has 0 saturated carbocycles. The summed E-state index contributed by atoms with van der Waals surface area (Å²) in [5, 5.41) is 8.31. The molecule has 4 heteroatoms. The first kappa shape index (κ1) is 8.50. The summed E-state index contributed by atoms with van der Waals surface area (Å²) in [6.07, 6.45) is 1.26. The van der Waals surface area contributed by atoms with Crippen molar-refractivity contribution in [2.45, 2.75) is 0 Å². The minimum absolute atomic E-state index is 0.273. The van der Waals surface area contributed by atoms with Crippen molar-refractivity contribution in [3.63, 3.8) is 0 Å². The van der Waals surface area contributed by atoms with Crippen LogP contribution in [0.2, 0.25) is 0 Å². The number of hydrogen-bond donors (Lipinski definition) is 1. The first-order valence-electron chi connectivity index (χ1n) is 2.57. The Hall–Kier alpha value is -1.50. The van der Waals surface area contributed by atoms with Crippen molar-refractivity contribution in [2.24, 2.45) is 0 Å². The van der Waals surface area contributed by atoms with Crippen LogP contribution in [0.1, 0.15) is 0 Å². The third kappa shape index (κ3) is 2.72. The highest BCUT2D eigenvalue weighted by molar-refractivity contribution is 5.88. The lowest BCUT2D eigenvalue weighted by Gasteiger charge is -2.03. The molecular formula is C6H8N2O2. The van der Waals surface area contributed by atoms with Gasteiger partial charge in [0.25, 0.3) is 5.70 Å². The molecule has 0 rings (SSSR count). The molecule has 0 aromatic carbocycles. The Labute approximate surface area is 59.2 Å². The first-order valence-corrected chi connectivity index (χ1v) is 2.57. The molecular weight excluding hydrogens is 132 g/mol. The number of carboxylic acids is 1. The molecule has 0 aromatic rings. The van der Waals surface area contributed by atoms with Gasteiger partial charge < -0.3 is 10.0 Å². The normalized spacial score (nSPS) is 10.3. The molecule has 0 heterocycles. The van der Waals surface area contributed by atoms with E-state index < -0.39 is 5.97 Å². The lowest BCUT2D eigenvalue weighted by Crippen LogP contribution is -2.06. The van der Waals surface area contributed by atoms with E-state index >= 15 is 0 Å². The van der Waals surface area contributed by atoms with Crippen molar-refractivity contribution in [2.75, 3.05) is 14.1 Å². The standard InChI is InChI=1S/C6H8N2O2/c1-7-5(6(9)10)4-8(2)3/h4H,2-3H3,(H,9,10)/b5-4+. The largest absolute Gasteiger partial charge is 0.486 e. The smallest absolute Gasteiger partial charge is 0.335 e. The number of carboxylic acid groups (broad SMARTS) is 1. The number of aliphatic carboxylic acids is 1. The number of rotatable bonds is 2. The number of nitrogens with zero attached hydrogens (tertiary/aromatic N) is 2. The summed E-state index contributed by atoms with van der Waals surface area (Å²) in [5.74, 6) is -1.19. The van der Waals surface area contributed by atoms with Gasteiger partial charge >= 0.3 is 5.97 Å². The maximum Gasteiger partial charge on any atom is 0.335 e. The lowest BCUT2D eigenvalue weighted by atomic mass is 10.5. The van der Waals surface area contributed by atoms with Crippen LogP contribution in [-0.4, -0.2) is 30.1 Å². The van der Waals surface area contributed by atoms with E-state index in [1.807, 2.05) is 0 Å². The molecule has 0 aliphatic rings. The van der Waals surface area contributed by atoms with Gasteiger partial charge in [0, 0.05) is 20.3 Å². The zero-order valence-corrected chi connectivity index (χ0v) is 5.83. The highest BCUT2D eigenvalue weighted by atomic mass is 16.4. The summed E-state index contributed by atoms with van der Waals surface area (Å²) in [7, 11) is 3.32. The SMILES string of the molecule is [C-]#[N+]/C(=C/N(C)C)C(=O)O. The van der Waals surface area contributed by atoms with Crippen LogP contribution >= 0.6 is 0 Å². The van der Waals surface area contributed by atoms with Crippen LogP contribution in [0.25, 0.3) is 4.85 Å². The van der Waals surface area contributed by atoms with Gasteiger partial charge in [-0.3, -0.25) is 4.79 Å². The summed E-state index contributed by atoms with van der Waals surface area (Å²) >= 11 is 0. The van der Waals surface area contributed by atoms with E-state index in [0.29, 0.717) is 0 Å². The van der Waals surface area contributed by atoms with Crippen LogP contribution < -0.4 is 0 Å². The van der Waals surface area contributed by atoms with Crippen molar-refractivity contribution < 1.29 is 9.90 Å². The van der Waals surface area contributed by atoms with Gasteiger partial charge in [0.05, 0.1) is 6.57 Å². The van der Waals surface area contributed by atoms with Gasteiger partial charge in [-0.2, -0.15) is 0 Å². The fourth-order valence-electron chi connectivity index (χ4n) is 0.376. The average molecular weight is 140 g/mol. The van der Waals surface area contributed by atoms with Gasteiger partial charge in [0.15, 0.2) is 0 Å². The van der Waals surface area contributed by atoms with Crippen LogP contribution in [0.3, 0.4) is 0 Å². The maximum absolute atomic E-state index is 10.2. The van der Waals surface area contributed by atoms with E-state index in [1.54, 1.807) is 14.1 Å². The van der Waals surface area contributed by atoms with Gasteiger partial charge in [-0.05, 0) is 0 Å². The molecule has 54 valence electrons. The molecule has 1 N–H and O–H groups in total. The average Bonchev–Trinajstić information content (AvgIpc) is 1.81. The van der Waals surface area contributed by atoms with E-state index in [4.69, 9.17) is 11.7 Å². The Morgan fingerprint density at radius 2 is 2.20 bits per heavy atom. The Morgan fingerprint density at radius 1 is 1.70 bits per heavy atom. The molecule has 0 radical (unpaired) electrons. The molecule has 0 bridgehead atoms. The van der Waals surface area contributed by atoms with Gasteiger partial charge in [-0.15, -0.1) is 0 Å². The molecule has 0 aromatic heterocycles. The van der Waals surface area contributed by atoms with Gasteiger partial charge in [-0.1, -0.05) is 0 Å². The summed E-state index contributed by atoms with van der Waals surface area (Å²) in [6, 6.07) is 0. The third-order valence-corrected chi connectivity index (χ3v) is 0.720. The monoisotopic (exact) mass is 140 g/mol. The number of carbonyl (C=O) groups is 1. The molecule has 0 aliphatic heterocycles. The van der Waals surface area contributed by atoms with Crippen molar-refractivity contribution in [3.8, 4) is 0 Å². The predicted octanol–water partition coefficient (Wildman–Crippen LogP) is 0.393. The first-order chi connectivity index (χ1) is 4.57. The molecule has 0 spiro atoms. The molecule has 4 nitrogen and oxygen atoms in total. The zero-order valence-electron chi connectivity index (χ0n) is 5.83. The Morgan fingerprint density at radius 3 is 2.30 bits per heavy atom. The quantitative estimate of drug-likeness (QED) is 0.446. The highest BCUT2D eigenvalue weighted by Crippen LogP contribution is 1.96. The third-order valence-electron chi connectivity index (χ3n) is 0.720. The topological polar surface area (TPSA) is 44.9 Å². The van der Waals surface area contributed by atoms with Gasteiger partial charge in [0.1, 0.15) is 0 Å². The van der Waals surface area contributed by atoms with Crippen LogP contribution in [-0.2, 0) is 4.79 Å².